The molecule has 0 aliphatic carbocycles. The lowest BCUT2D eigenvalue weighted by Crippen LogP contribution is -2.12. The molecule has 0 amide bonds. The summed E-state index contributed by atoms with van der Waals surface area (Å²) in [5.41, 5.74) is 2.24. The normalized spacial score (nSPS) is 11.3. The van der Waals surface area contributed by atoms with Crippen LogP contribution in [0.3, 0.4) is 0 Å². The quantitative estimate of drug-likeness (QED) is 0.492. The largest absolute Gasteiger partial charge is 0.340 e. The summed E-state index contributed by atoms with van der Waals surface area (Å²) < 4.78 is 29.4. The fourth-order valence-corrected chi connectivity index (χ4v) is 3.90. The van der Waals surface area contributed by atoms with Crippen molar-refractivity contribution < 1.29 is 8.42 Å². The van der Waals surface area contributed by atoms with E-state index in [9.17, 15) is 8.42 Å². The second-order valence-electron chi connectivity index (χ2n) is 6.75. The third-order valence-electron chi connectivity index (χ3n) is 4.33. The van der Waals surface area contributed by atoms with Gasteiger partial charge in [-0.25, -0.2) is 23.4 Å². The molecule has 0 bridgehead atoms. The van der Waals surface area contributed by atoms with Crippen molar-refractivity contribution in [2.45, 2.75) is 18.7 Å². The predicted octanol–water partition coefficient (Wildman–Crippen LogP) is 3.82. The predicted molar refractivity (Wildman–Crippen MR) is 116 cm³/mol. The standard InChI is InChI=1S/C21H20N6O2S/c1-15-3-9-19(10-4-15)30(28,29)26-18-7-5-17(6-8-18)25-20-13-21(24-16(2)23-20)27-12-11-22-14-27/h3-14,26H,1-2H3,(H,23,24,25). The molecular weight excluding hydrogens is 400 g/mol. The van der Waals surface area contributed by atoms with Gasteiger partial charge in [0.25, 0.3) is 10.0 Å². The molecule has 0 unspecified atom stereocenters. The van der Waals surface area contributed by atoms with Crippen LogP contribution >= 0.6 is 0 Å². The van der Waals surface area contributed by atoms with E-state index in [1.807, 2.05) is 19.9 Å². The van der Waals surface area contributed by atoms with Crippen LogP contribution in [0, 0.1) is 13.8 Å². The van der Waals surface area contributed by atoms with Crippen LogP contribution in [0.2, 0.25) is 0 Å². The van der Waals surface area contributed by atoms with Gasteiger partial charge in [-0.15, -0.1) is 0 Å². The van der Waals surface area contributed by atoms with Crippen LogP contribution in [0.4, 0.5) is 17.2 Å². The molecule has 0 spiro atoms. The van der Waals surface area contributed by atoms with Crippen molar-refractivity contribution in [1.82, 2.24) is 19.5 Å². The third-order valence-corrected chi connectivity index (χ3v) is 5.73. The number of hydrogen-bond donors (Lipinski definition) is 2. The van der Waals surface area contributed by atoms with E-state index in [0.29, 0.717) is 23.1 Å². The Morgan fingerprint density at radius 1 is 0.900 bits per heavy atom. The van der Waals surface area contributed by atoms with Gasteiger partial charge in [-0.05, 0) is 50.2 Å². The first kappa shape index (κ1) is 19.6. The second kappa shape index (κ2) is 7.96. The highest BCUT2D eigenvalue weighted by Gasteiger charge is 2.13. The lowest BCUT2D eigenvalue weighted by Gasteiger charge is -2.11. The Morgan fingerprint density at radius 3 is 2.27 bits per heavy atom. The Kier molecular flexibility index (Phi) is 5.20. The number of aryl methyl sites for hydroxylation is 2. The van der Waals surface area contributed by atoms with Gasteiger partial charge in [0.15, 0.2) is 0 Å². The number of imidazole rings is 1. The Balaban J connectivity index is 1.50. The summed E-state index contributed by atoms with van der Waals surface area (Å²) in [4.78, 5) is 13.1. The molecule has 2 aromatic heterocycles. The molecule has 8 nitrogen and oxygen atoms in total. The molecule has 0 fully saturated rings. The van der Waals surface area contributed by atoms with Gasteiger partial charge in [0.2, 0.25) is 0 Å². The average Bonchev–Trinajstić information content (AvgIpc) is 3.24. The van der Waals surface area contributed by atoms with Crippen molar-refractivity contribution in [3.8, 4) is 5.82 Å². The van der Waals surface area contributed by atoms with E-state index in [4.69, 9.17) is 0 Å². The molecule has 152 valence electrons. The average molecular weight is 420 g/mol. The molecule has 0 aliphatic heterocycles. The number of rotatable bonds is 6. The lowest BCUT2D eigenvalue weighted by molar-refractivity contribution is 0.601. The van der Waals surface area contributed by atoms with Gasteiger partial charge in [-0.1, -0.05) is 17.7 Å². The van der Waals surface area contributed by atoms with Crippen LogP contribution in [0.1, 0.15) is 11.4 Å². The summed E-state index contributed by atoms with van der Waals surface area (Å²) in [7, 11) is -3.64. The number of aromatic nitrogens is 4. The number of benzene rings is 2. The number of nitrogens with zero attached hydrogens (tertiary/aromatic N) is 4. The topological polar surface area (TPSA) is 102 Å². The molecular formula is C21H20N6O2S. The molecule has 4 aromatic rings. The zero-order valence-electron chi connectivity index (χ0n) is 16.4. The van der Waals surface area contributed by atoms with Crippen LogP contribution in [0.5, 0.6) is 0 Å². The van der Waals surface area contributed by atoms with E-state index < -0.39 is 10.0 Å². The summed E-state index contributed by atoms with van der Waals surface area (Å²) in [5, 5.41) is 3.21. The number of anilines is 3. The van der Waals surface area contributed by atoms with E-state index in [1.54, 1.807) is 71.8 Å². The minimum atomic E-state index is -3.64. The van der Waals surface area contributed by atoms with Gasteiger partial charge in [0, 0.05) is 29.8 Å². The van der Waals surface area contributed by atoms with Crippen molar-refractivity contribution in [2.75, 3.05) is 10.0 Å². The Labute approximate surface area is 174 Å². The van der Waals surface area contributed by atoms with E-state index in [-0.39, 0.29) is 4.90 Å². The highest BCUT2D eigenvalue weighted by molar-refractivity contribution is 7.92. The Morgan fingerprint density at radius 2 is 1.60 bits per heavy atom. The van der Waals surface area contributed by atoms with E-state index >= 15 is 0 Å². The van der Waals surface area contributed by atoms with Crippen LogP contribution in [0.25, 0.3) is 5.82 Å². The van der Waals surface area contributed by atoms with Gasteiger partial charge in [-0.2, -0.15) is 0 Å². The van der Waals surface area contributed by atoms with Gasteiger partial charge in [-0.3, -0.25) is 9.29 Å². The molecule has 4 rings (SSSR count). The maximum atomic E-state index is 12.5. The molecule has 2 N–H and O–H groups in total. The van der Waals surface area contributed by atoms with Crippen LogP contribution in [0.15, 0.2) is 78.2 Å². The lowest BCUT2D eigenvalue weighted by atomic mass is 10.2. The Bertz CT molecular complexity index is 1250. The van der Waals surface area contributed by atoms with Gasteiger partial charge < -0.3 is 5.32 Å². The second-order valence-corrected chi connectivity index (χ2v) is 8.43. The number of nitrogens with one attached hydrogen (secondary N) is 2. The molecule has 2 aromatic carbocycles. The summed E-state index contributed by atoms with van der Waals surface area (Å²) in [6.45, 7) is 3.72. The van der Waals surface area contributed by atoms with E-state index in [2.05, 4.69) is 25.0 Å². The van der Waals surface area contributed by atoms with Crippen LogP contribution in [-0.4, -0.2) is 27.9 Å². The van der Waals surface area contributed by atoms with Crippen LogP contribution in [-0.2, 0) is 10.0 Å². The molecule has 2 heterocycles. The fourth-order valence-electron chi connectivity index (χ4n) is 2.84. The molecule has 9 heteroatoms. The first-order valence-corrected chi connectivity index (χ1v) is 10.7. The Hall–Kier alpha value is -3.72. The highest BCUT2D eigenvalue weighted by atomic mass is 32.2. The van der Waals surface area contributed by atoms with Gasteiger partial charge >= 0.3 is 0 Å². The molecule has 0 aliphatic rings. The summed E-state index contributed by atoms with van der Waals surface area (Å²) in [6.07, 6.45) is 5.15. The SMILES string of the molecule is Cc1ccc(S(=O)(=O)Nc2ccc(Nc3cc(-n4ccnc4)nc(C)n3)cc2)cc1. The van der Waals surface area contributed by atoms with E-state index in [0.717, 1.165) is 11.3 Å². The molecule has 0 atom stereocenters. The van der Waals surface area contributed by atoms with E-state index in [1.165, 1.54) is 0 Å². The van der Waals surface area contributed by atoms with Crippen molar-refractivity contribution in [3.05, 3.63) is 84.7 Å². The smallest absolute Gasteiger partial charge is 0.261 e. The zero-order valence-corrected chi connectivity index (χ0v) is 17.3. The van der Waals surface area contributed by atoms with Crippen molar-refractivity contribution in [2.24, 2.45) is 0 Å². The number of hydrogen-bond acceptors (Lipinski definition) is 6. The maximum Gasteiger partial charge on any atom is 0.261 e. The molecule has 0 saturated heterocycles. The third kappa shape index (κ3) is 4.47. The first-order valence-electron chi connectivity index (χ1n) is 9.20. The monoisotopic (exact) mass is 420 g/mol. The molecule has 0 radical (unpaired) electrons. The van der Waals surface area contributed by atoms with Crippen molar-refractivity contribution >= 4 is 27.2 Å². The van der Waals surface area contributed by atoms with Crippen molar-refractivity contribution in [1.29, 1.82) is 0 Å². The van der Waals surface area contributed by atoms with Crippen LogP contribution < -0.4 is 10.0 Å². The molecule has 30 heavy (non-hydrogen) atoms. The van der Waals surface area contributed by atoms with Gasteiger partial charge in [0.1, 0.15) is 23.8 Å². The van der Waals surface area contributed by atoms with Gasteiger partial charge in [0.05, 0.1) is 4.90 Å². The summed E-state index contributed by atoms with van der Waals surface area (Å²) >= 11 is 0. The minimum absolute atomic E-state index is 0.221. The number of sulfonamides is 1. The fraction of sp³-hybridized carbons (Fsp3) is 0.0952. The molecule has 0 saturated carbocycles. The zero-order chi connectivity index (χ0) is 21.1. The minimum Gasteiger partial charge on any atom is -0.340 e. The van der Waals surface area contributed by atoms with Crippen molar-refractivity contribution in [3.63, 3.8) is 0 Å². The highest BCUT2D eigenvalue weighted by Crippen LogP contribution is 2.21. The summed E-state index contributed by atoms with van der Waals surface area (Å²) in [6, 6.07) is 15.5. The first-order chi connectivity index (χ1) is 14.4. The summed E-state index contributed by atoms with van der Waals surface area (Å²) in [5.74, 6) is 1.94. The maximum absolute atomic E-state index is 12.5.